The van der Waals surface area contributed by atoms with Crippen molar-refractivity contribution in [2.24, 2.45) is 0 Å². The summed E-state index contributed by atoms with van der Waals surface area (Å²) in [5.74, 6) is 3.76. The van der Waals surface area contributed by atoms with Gasteiger partial charge in [-0.1, -0.05) is 20.8 Å². The second-order valence-electron chi connectivity index (χ2n) is 21.9. The molecule has 0 spiro atoms. The van der Waals surface area contributed by atoms with Crippen LogP contribution in [-0.4, -0.2) is 54.5 Å². The van der Waals surface area contributed by atoms with Crippen LogP contribution >= 0.6 is 146 Å². The Hall–Kier alpha value is -2.74. The molecule has 3 saturated carbocycles. The van der Waals surface area contributed by atoms with E-state index in [2.05, 4.69) is 205 Å². The zero-order valence-electron chi connectivity index (χ0n) is 47.0. The number of esters is 3. The highest BCUT2D eigenvalue weighted by Crippen LogP contribution is 2.63. The number of thiol groups is 1. The molecule has 0 amide bonds. The van der Waals surface area contributed by atoms with Gasteiger partial charge in [0.15, 0.2) is 19.8 Å². The first kappa shape index (κ1) is 64.3. The van der Waals surface area contributed by atoms with Gasteiger partial charge >= 0.3 is 17.9 Å². The quantitative estimate of drug-likeness (QED) is 0.0267. The average Bonchev–Trinajstić information content (AvgIpc) is 2.02. The van der Waals surface area contributed by atoms with Crippen LogP contribution in [0, 0.1) is 21.4 Å². The van der Waals surface area contributed by atoms with Crippen LogP contribution in [0.25, 0.3) is 11.1 Å². The average molecular weight is 1830 g/mol. The molecule has 0 N–H and O–H groups in total. The second-order valence-corrected chi connectivity index (χ2v) is 31.0. The van der Waals surface area contributed by atoms with Crippen LogP contribution < -0.4 is 28.4 Å². The fourth-order valence-corrected chi connectivity index (χ4v) is 20.8. The Balaban J connectivity index is 0.843. The van der Waals surface area contributed by atoms with E-state index >= 15 is 0 Å². The zero-order valence-corrected chi connectivity index (χ0v) is 60.8. The molecule has 0 bridgehead atoms. The number of ether oxygens (including phenoxy) is 9. The molecule has 0 unspecified atom stereocenters. The molecule has 12 nitrogen and oxygen atoms in total. The number of halogens is 6. The number of benzene rings is 6. The van der Waals surface area contributed by atoms with Crippen LogP contribution in [0.2, 0.25) is 0 Å². The third kappa shape index (κ3) is 15.4. The minimum absolute atomic E-state index is 0.138. The lowest BCUT2D eigenvalue weighted by atomic mass is 9.99. The van der Waals surface area contributed by atoms with E-state index in [0.29, 0.717) is 42.0 Å². The minimum Gasteiger partial charge on any atom is -0.489 e. The molecule has 6 aromatic carbocycles. The van der Waals surface area contributed by atoms with E-state index < -0.39 is 10.9 Å². The monoisotopic (exact) mass is 1830 g/mol. The third-order valence-corrected chi connectivity index (χ3v) is 23.8. The van der Waals surface area contributed by atoms with Gasteiger partial charge in [-0.2, -0.15) is 10.9 Å². The van der Waals surface area contributed by atoms with Crippen LogP contribution in [0.3, 0.4) is 0 Å². The summed E-state index contributed by atoms with van der Waals surface area (Å²) in [5, 5.41) is 0. The second kappa shape index (κ2) is 28.8. The number of carbonyl (C=O) groups is 3. The van der Waals surface area contributed by atoms with Crippen LogP contribution in [0.15, 0.2) is 112 Å². The van der Waals surface area contributed by atoms with Crippen molar-refractivity contribution in [3.05, 3.63) is 130 Å². The first-order valence-electron chi connectivity index (χ1n) is 28.6. The smallest absolute Gasteiger partial charge is 0.344 e. The first-order chi connectivity index (χ1) is 40.5. The maximum Gasteiger partial charge on any atom is 0.344 e. The fourth-order valence-electron chi connectivity index (χ4n) is 11.8. The van der Waals surface area contributed by atoms with Gasteiger partial charge in [0.05, 0.1) is 21.4 Å². The van der Waals surface area contributed by atoms with Gasteiger partial charge in [0.2, 0.25) is 0 Å². The summed E-state index contributed by atoms with van der Waals surface area (Å²) in [4.78, 5) is 42.3. The van der Waals surface area contributed by atoms with Crippen molar-refractivity contribution in [1.82, 2.24) is 0 Å². The molecule has 3 aliphatic carbocycles. The zero-order chi connectivity index (χ0) is 59.2. The normalized spacial score (nSPS) is 16.6. The highest BCUT2D eigenvalue weighted by molar-refractivity contribution is 14.1. The lowest BCUT2D eigenvalue weighted by Crippen LogP contribution is -2.33. The predicted octanol–water partition coefficient (Wildman–Crippen LogP) is 18.7. The van der Waals surface area contributed by atoms with E-state index in [0.717, 1.165) is 156 Å². The molecule has 10 rings (SSSR count). The Labute approximate surface area is 576 Å². The molecular formula is C65H66I6O12S. The van der Waals surface area contributed by atoms with E-state index in [1.807, 2.05) is 48.5 Å². The Bertz CT molecular complexity index is 3170. The van der Waals surface area contributed by atoms with Crippen molar-refractivity contribution < 1.29 is 57.0 Å². The molecule has 0 atom stereocenters. The van der Waals surface area contributed by atoms with Gasteiger partial charge in [-0.25, -0.2) is 14.4 Å². The van der Waals surface area contributed by atoms with E-state index in [1.54, 1.807) is 0 Å². The summed E-state index contributed by atoms with van der Waals surface area (Å²) < 4.78 is 60.9. The van der Waals surface area contributed by atoms with Gasteiger partial charge in [0.1, 0.15) is 70.3 Å². The summed E-state index contributed by atoms with van der Waals surface area (Å²) in [5.41, 5.74) is 3.01. The number of rotatable bonds is 24. The van der Waals surface area contributed by atoms with Gasteiger partial charge in [0.25, 0.3) is 0 Å². The summed E-state index contributed by atoms with van der Waals surface area (Å²) in [6.45, 7) is 6.47. The van der Waals surface area contributed by atoms with Crippen molar-refractivity contribution in [3.63, 3.8) is 0 Å². The van der Waals surface area contributed by atoms with Crippen LogP contribution in [0.5, 0.6) is 40.2 Å². The Morgan fingerprint density at radius 1 is 0.405 bits per heavy atom. The topological polar surface area (TPSA) is 134 Å². The maximum atomic E-state index is 12.9. The van der Waals surface area contributed by atoms with Gasteiger partial charge in [-0.05, 0) is 356 Å². The van der Waals surface area contributed by atoms with Crippen molar-refractivity contribution in [2.45, 2.75) is 162 Å². The molecule has 1 aliphatic heterocycles. The highest BCUT2D eigenvalue weighted by atomic mass is 127. The summed E-state index contributed by atoms with van der Waals surface area (Å²) >= 11 is 13.5. The first-order valence-corrected chi connectivity index (χ1v) is 36.4. The largest absolute Gasteiger partial charge is 0.489 e. The highest BCUT2D eigenvalue weighted by Gasteiger charge is 2.39. The van der Waals surface area contributed by atoms with Crippen molar-refractivity contribution in [1.29, 1.82) is 0 Å². The molecule has 0 aromatic heterocycles. The van der Waals surface area contributed by atoms with Crippen molar-refractivity contribution in [2.75, 3.05) is 19.8 Å². The Morgan fingerprint density at radius 2 is 0.726 bits per heavy atom. The summed E-state index contributed by atoms with van der Waals surface area (Å²) in [6, 6.07) is 33.1. The molecule has 19 heteroatoms. The van der Waals surface area contributed by atoms with E-state index in [9.17, 15) is 14.4 Å². The van der Waals surface area contributed by atoms with Gasteiger partial charge in [-0.15, -0.1) is 0 Å². The van der Waals surface area contributed by atoms with Gasteiger partial charge < -0.3 is 42.6 Å². The molecular weight excluding hydrogens is 1770 g/mol. The molecule has 0 radical (unpaired) electrons. The predicted molar refractivity (Wildman–Crippen MR) is 376 cm³/mol. The number of hydrogen-bond donors (Lipinski definition) is 1. The number of carbonyl (C=O) groups excluding carboxylic acids is 3. The summed E-state index contributed by atoms with van der Waals surface area (Å²) in [6.07, 6.45) is 14.3. The van der Waals surface area contributed by atoms with Crippen molar-refractivity contribution >= 4 is 164 Å². The SMILES string of the molecule is CCC1(OC(=O)COc2c(I)cc(COc3ccc4c(c3)-c3cc(OCc5cc(I)c(OCC(=O)OC6(CC)CCCC6)c(I)c5)ccc3[SH]4c3ccc(Oc4cc(I)c(OCC(=O)OC5(CC)CCCC5)c(I)c4)cc3)cc2I)CCCC1. The van der Waals surface area contributed by atoms with E-state index in [4.69, 9.17) is 42.6 Å². The molecule has 6 aromatic rings. The number of hydrogen-bond acceptors (Lipinski definition) is 12. The molecule has 84 heavy (non-hydrogen) atoms. The standard InChI is InChI=1S/C65H66I6O12S/c1-4-63(21-7-8-22-63)81-57(72)37-77-60-49(66)27-40(28-50(60)67)35-75-43-15-19-55-47(31-43)48-32-44(76-36-41-29-51(68)61(52(69)30-41)78-38-58(73)82-64(5-2)23-9-10-24-64)16-20-56(48)84(55)46-17-13-42(14-18-46)80-45-33-53(70)62(54(71)34-45)79-39-59(74)83-65(6-3)25-11-12-26-65/h13-20,27-34,84H,4-12,21-26,35-39H2,1-3H3. The third-order valence-electron chi connectivity index (χ3n) is 16.4. The molecule has 446 valence electrons. The van der Waals surface area contributed by atoms with Crippen LogP contribution in [-0.2, 0) is 41.8 Å². The molecule has 0 saturated heterocycles. The molecule has 4 aliphatic rings. The maximum absolute atomic E-state index is 12.9. The molecule has 1 heterocycles. The fraction of sp³-hybridized carbons (Fsp3) is 0.400. The van der Waals surface area contributed by atoms with Crippen LogP contribution in [0.4, 0.5) is 0 Å². The Morgan fingerprint density at radius 3 is 1.06 bits per heavy atom. The van der Waals surface area contributed by atoms with E-state index in [-0.39, 0.29) is 54.5 Å². The van der Waals surface area contributed by atoms with Gasteiger partial charge in [-0.3, -0.25) is 0 Å². The lowest BCUT2D eigenvalue weighted by Gasteiger charge is -2.27. The van der Waals surface area contributed by atoms with Crippen LogP contribution in [0.1, 0.15) is 128 Å². The Kier molecular flexibility index (Phi) is 22.0. The number of fused-ring (bicyclic) bond motifs is 3. The molecule has 3 fully saturated rings. The van der Waals surface area contributed by atoms with E-state index in [1.165, 1.54) is 9.79 Å². The summed E-state index contributed by atoms with van der Waals surface area (Å²) in [7, 11) is -0.988. The van der Waals surface area contributed by atoms with Gasteiger partial charge in [0, 0.05) is 9.79 Å². The lowest BCUT2D eigenvalue weighted by molar-refractivity contribution is -0.163. The minimum atomic E-state index is -0.988. The van der Waals surface area contributed by atoms with Crippen molar-refractivity contribution in [3.8, 4) is 51.4 Å².